The lowest BCUT2D eigenvalue weighted by atomic mass is 9.77. The van der Waals surface area contributed by atoms with E-state index in [1.54, 1.807) is 6.07 Å². The van der Waals surface area contributed by atoms with Gasteiger partial charge in [-0.2, -0.15) is 0 Å². The van der Waals surface area contributed by atoms with Crippen molar-refractivity contribution in [2.24, 2.45) is 10.9 Å². The quantitative estimate of drug-likeness (QED) is 0.794. The van der Waals surface area contributed by atoms with E-state index < -0.39 is 0 Å². The van der Waals surface area contributed by atoms with Gasteiger partial charge < -0.3 is 14.9 Å². The highest BCUT2D eigenvalue weighted by atomic mass is 16.3. The number of hydrogen-bond acceptors (Lipinski definition) is 4. The molecule has 1 aliphatic carbocycles. The number of hydrogen-bond donors (Lipinski definition) is 1. The number of phenolic OH excluding ortho intramolecular Hbond substituents is 1. The van der Waals surface area contributed by atoms with Gasteiger partial charge in [0.1, 0.15) is 11.6 Å². The van der Waals surface area contributed by atoms with Gasteiger partial charge in [-0.3, -0.25) is 4.99 Å². The Morgan fingerprint density at radius 1 is 1.08 bits per heavy atom. The average molecular weight is 343 g/mol. The average Bonchev–Trinajstić information content (AvgIpc) is 3.30. The Balaban J connectivity index is 1.49. The molecule has 4 heterocycles. The molecule has 0 aromatic heterocycles. The van der Waals surface area contributed by atoms with Gasteiger partial charge >= 0.3 is 0 Å². The molecule has 0 fully saturated rings. The summed E-state index contributed by atoms with van der Waals surface area (Å²) in [6.07, 6.45) is 17.7. The summed E-state index contributed by atoms with van der Waals surface area (Å²) in [5, 5.41) is 10.6. The van der Waals surface area contributed by atoms with E-state index >= 15 is 0 Å². The van der Waals surface area contributed by atoms with Gasteiger partial charge in [0, 0.05) is 30.3 Å². The van der Waals surface area contributed by atoms with E-state index in [4.69, 9.17) is 4.99 Å². The van der Waals surface area contributed by atoms with Crippen molar-refractivity contribution in [3.8, 4) is 5.75 Å². The molecule has 130 valence electrons. The number of allylic oxidation sites excluding steroid dienone is 1. The summed E-state index contributed by atoms with van der Waals surface area (Å²) in [6.45, 7) is 1.03. The highest BCUT2D eigenvalue weighted by molar-refractivity contribution is 6.14. The minimum Gasteiger partial charge on any atom is -0.506 e. The zero-order valence-electron chi connectivity index (χ0n) is 14.5. The van der Waals surface area contributed by atoms with Crippen molar-refractivity contribution in [2.75, 3.05) is 11.4 Å². The van der Waals surface area contributed by atoms with E-state index in [1.807, 2.05) is 6.07 Å². The first-order valence-electron chi connectivity index (χ1n) is 9.46. The molecule has 6 rings (SSSR count). The van der Waals surface area contributed by atoms with Crippen molar-refractivity contribution < 1.29 is 5.11 Å². The fraction of sp³-hybridized carbons (Fsp3) is 0.318. The minimum atomic E-state index is 0.260. The van der Waals surface area contributed by atoms with Crippen LogP contribution in [0.5, 0.6) is 5.75 Å². The molecule has 2 bridgehead atoms. The van der Waals surface area contributed by atoms with E-state index in [0.717, 1.165) is 36.5 Å². The van der Waals surface area contributed by atoms with Crippen LogP contribution in [0.2, 0.25) is 0 Å². The maximum Gasteiger partial charge on any atom is 0.139 e. The van der Waals surface area contributed by atoms with Crippen molar-refractivity contribution in [2.45, 2.75) is 31.0 Å². The third kappa shape index (κ3) is 1.87. The Bertz CT molecular complexity index is 939. The Morgan fingerprint density at radius 3 is 2.85 bits per heavy atom. The van der Waals surface area contributed by atoms with E-state index in [0.29, 0.717) is 23.8 Å². The van der Waals surface area contributed by atoms with Crippen molar-refractivity contribution in [3.05, 3.63) is 65.9 Å². The number of anilines is 1. The van der Waals surface area contributed by atoms with Crippen molar-refractivity contribution in [3.63, 3.8) is 0 Å². The molecule has 4 unspecified atom stereocenters. The standard InChI is InChI=1S/C22H21N3O/c26-19-7-3-4-15-8-9-20-23-21(18-12-14-10-11-24(18)13-14)16-5-1-2-6-17(16)25(20)22(15)19/h1-4,7-12,16-18,21,26H,5-6,13H2. The number of fused-ring (bicyclic) bond motifs is 7. The second kappa shape index (κ2) is 5.13. The van der Waals surface area contributed by atoms with Gasteiger partial charge in [0.2, 0.25) is 0 Å². The molecule has 1 aromatic rings. The predicted molar refractivity (Wildman–Crippen MR) is 104 cm³/mol. The van der Waals surface area contributed by atoms with E-state index in [9.17, 15) is 5.11 Å². The monoisotopic (exact) mass is 343 g/mol. The van der Waals surface area contributed by atoms with Crippen LogP contribution in [-0.4, -0.2) is 40.5 Å². The molecule has 0 radical (unpaired) electrons. The number of para-hydroxylation sites is 1. The molecule has 0 amide bonds. The SMILES string of the molecule is Oc1cccc2c1N1C(=NC(C3C=C4C=CN3C4)C3CC=CCC31)C=C2. The van der Waals surface area contributed by atoms with Gasteiger partial charge in [-0.05, 0) is 42.7 Å². The van der Waals surface area contributed by atoms with Crippen molar-refractivity contribution in [1.82, 2.24) is 4.90 Å². The first kappa shape index (κ1) is 14.4. The molecule has 1 aromatic carbocycles. The first-order chi connectivity index (χ1) is 12.8. The van der Waals surface area contributed by atoms with Crippen LogP contribution in [0.15, 0.2) is 65.3 Å². The Hall–Kier alpha value is -2.75. The van der Waals surface area contributed by atoms with Crippen molar-refractivity contribution >= 4 is 17.6 Å². The van der Waals surface area contributed by atoms with Crippen LogP contribution < -0.4 is 4.90 Å². The Morgan fingerprint density at radius 2 is 2.00 bits per heavy atom. The van der Waals surface area contributed by atoms with Crippen LogP contribution in [0.4, 0.5) is 5.69 Å². The molecule has 1 N–H and O–H groups in total. The normalized spacial score (nSPS) is 32.9. The molecule has 4 nitrogen and oxygen atoms in total. The number of phenols is 1. The summed E-state index contributed by atoms with van der Waals surface area (Å²) >= 11 is 0. The summed E-state index contributed by atoms with van der Waals surface area (Å²) in [5.41, 5.74) is 3.41. The fourth-order valence-corrected chi connectivity index (χ4v) is 5.24. The lowest BCUT2D eigenvalue weighted by Gasteiger charge is -2.49. The van der Waals surface area contributed by atoms with E-state index in [2.05, 4.69) is 58.5 Å². The lowest BCUT2D eigenvalue weighted by Crippen LogP contribution is -2.57. The number of benzene rings is 1. The first-order valence-corrected chi connectivity index (χ1v) is 9.46. The highest BCUT2D eigenvalue weighted by Crippen LogP contribution is 2.45. The van der Waals surface area contributed by atoms with Gasteiger partial charge in [0.25, 0.3) is 0 Å². The zero-order valence-corrected chi connectivity index (χ0v) is 14.5. The summed E-state index contributed by atoms with van der Waals surface area (Å²) in [7, 11) is 0. The van der Waals surface area contributed by atoms with Crippen LogP contribution >= 0.6 is 0 Å². The molecule has 5 aliphatic rings. The van der Waals surface area contributed by atoms with E-state index in [1.165, 1.54) is 5.57 Å². The zero-order chi connectivity index (χ0) is 17.3. The third-order valence-corrected chi connectivity index (χ3v) is 6.41. The molecular formula is C22H21N3O. The maximum absolute atomic E-state index is 10.6. The van der Waals surface area contributed by atoms with Gasteiger partial charge in [-0.15, -0.1) is 0 Å². The molecule has 0 spiro atoms. The van der Waals surface area contributed by atoms with Gasteiger partial charge in [0.15, 0.2) is 0 Å². The summed E-state index contributed by atoms with van der Waals surface area (Å²) in [5.74, 6) is 1.80. The topological polar surface area (TPSA) is 39.1 Å². The number of rotatable bonds is 1. The van der Waals surface area contributed by atoms with Crippen LogP contribution in [-0.2, 0) is 0 Å². The molecule has 4 atom stereocenters. The molecule has 4 heteroatoms. The van der Waals surface area contributed by atoms with Gasteiger partial charge in [0.05, 0.1) is 17.8 Å². The summed E-state index contributed by atoms with van der Waals surface area (Å²) in [6, 6.07) is 6.73. The van der Waals surface area contributed by atoms with E-state index in [-0.39, 0.29) is 6.04 Å². The molecule has 26 heavy (non-hydrogen) atoms. The van der Waals surface area contributed by atoms with Crippen LogP contribution in [0.1, 0.15) is 18.4 Å². The molecular weight excluding hydrogens is 322 g/mol. The Labute approximate surface area is 153 Å². The predicted octanol–water partition coefficient (Wildman–Crippen LogP) is 3.48. The van der Waals surface area contributed by atoms with Crippen molar-refractivity contribution in [1.29, 1.82) is 0 Å². The second-order valence-corrected chi connectivity index (χ2v) is 7.79. The molecule has 4 aliphatic heterocycles. The number of aromatic hydroxyl groups is 1. The second-order valence-electron chi connectivity index (χ2n) is 7.79. The largest absolute Gasteiger partial charge is 0.506 e. The van der Waals surface area contributed by atoms with Crippen LogP contribution in [0.3, 0.4) is 0 Å². The Kier molecular flexibility index (Phi) is 2.85. The third-order valence-electron chi connectivity index (χ3n) is 6.41. The molecule has 0 saturated carbocycles. The van der Waals surface area contributed by atoms with Crippen LogP contribution in [0, 0.1) is 5.92 Å². The fourth-order valence-electron chi connectivity index (χ4n) is 5.24. The smallest absolute Gasteiger partial charge is 0.139 e. The van der Waals surface area contributed by atoms with Gasteiger partial charge in [-0.1, -0.05) is 30.4 Å². The lowest BCUT2D eigenvalue weighted by molar-refractivity contribution is 0.236. The summed E-state index contributed by atoms with van der Waals surface area (Å²) < 4.78 is 0. The van der Waals surface area contributed by atoms with Crippen LogP contribution in [0.25, 0.3) is 6.08 Å². The summed E-state index contributed by atoms with van der Waals surface area (Å²) in [4.78, 5) is 9.94. The highest BCUT2D eigenvalue weighted by Gasteiger charge is 2.46. The molecule has 0 saturated heterocycles. The maximum atomic E-state index is 10.6. The van der Waals surface area contributed by atoms with Gasteiger partial charge in [-0.25, -0.2) is 0 Å². The minimum absolute atomic E-state index is 0.260. The number of aliphatic imine (C=N–C) groups is 1. The number of amidine groups is 1. The number of nitrogens with zero attached hydrogens (tertiary/aromatic N) is 3.